The van der Waals surface area contributed by atoms with Gasteiger partial charge in [0.15, 0.2) is 4.90 Å². The molecule has 0 bridgehead atoms. The van der Waals surface area contributed by atoms with Crippen molar-refractivity contribution < 1.29 is 23.2 Å². The van der Waals surface area contributed by atoms with Gasteiger partial charge in [0.05, 0.1) is 16.9 Å². The largest absolute Gasteiger partial charge is 0.548 e. The normalized spacial score (nSPS) is 13.1. The molecule has 1 unspecified atom stereocenters. The van der Waals surface area contributed by atoms with Gasteiger partial charge in [0.2, 0.25) is 10.0 Å². The van der Waals surface area contributed by atoms with Gasteiger partial charge in [0.25, 0.3) is 5.69 Å². The molecule has 0 fully saturated rings. The number of hydrogen-bond acceptors (Lipinski definition) is 6. The van der Waals surface area contributed by atoms with Crippen LogP contribution in [-0.4, -0.2) is 25.4 Å². The first-order valence-electron chi connectivity index (χ1n) is 6.11. The highest BCUT2D eigenvalue weighted by atomic mass is 32.2. The number of para-hydroxylation sites is 1. The zero-order valence-corrected chi connectivity index (χ0v) is 12.3. The SMILES string of the molecule is CC(C)CC(NS(=O)(=O)c1ccccc1[N+](=O)[O-])C(=O)[O-]. The second kappa shape index (κ2) is 6.64. The molecule has 0 aliphatic rings. The Morgan fingerprint density at radius 3 is 2.38 bits per heavy atom. The highest BCUT2D eigenvalue weighted by Crippen LogP contribution is 2.23. The highest BCUT2D eigenvalue weighted by molar-refractivity contribution is 7.89. The molecule has 0 amide bonds. The van der Waals surface area contributed by atoms with E-state index in [1.807, 2.05) is 4.72 Å². The summed E-state index contributed by atoms with van der Waals surface area (Å²) < 4.78 is 26.2. The molecule has 116 valence electrons. The Hall–Kier alpha value is -2.00. The van der Waals surface area contributed by atoms with Crippen molar-refractivity contribution in [3.05, 3.63) is 34.4 Å². The molecule has 0 heterocycles. The maximum atomic E-state index is 12.1. The fourth-order valence-electron chi connectivity index (χ4n) is 1.75. The standard InChI is InChI=1S/C12H16N2O6S/c1-8(2)7-9(12(15)16)13-21(19,20)11-6-4-3-5-10(11)14(17)18/h3-6,8-9,13H,7H2,1-2H3,(H,15,16)/p-1. The molecule has 8 nitrogen and oxygen atoms in total. The zero-order chi connectivity index (χ0) is 16.2. The number of sulfonamides is 1. The minimum Gasteiger partial charge on any atom is -0.548 e. The van der Waals surface area contributed by atoms with E-state index < -0.39 is 37.5 Å². The summed E-state index contributed by atoms with van der Waals surface area (Å²) in [6.45, 7) is 3.43. The Morgan fingerprint density at radius 1 is 1.33 bits per heavy atom. The van der Waals surface area contributed by atoms with E-state index in [1.54, 1.807) is 13.8 Å². The third kappa shape index (κ3) is 4.50. The van der Waals surface area contributed by atoms with Crippen molar-refractivity contribution >= 4 is 21.7 Å². The zero-order valence-electron chi connectivity index (χ0n) is 11.5. The molecular weight excluding hydrogens is 300 g/mol. The Morgan fingerprint density at radius 2 is 1.90 bits per heavy atom. The van der Waals surface area contributed by atoms with E-state index in [4.69, 9.17) is 0 Å². The number of hydrogen-bond donors (Lipinski definition) is 1. The first kappa shape index (κ1) is 17.1. The highest BCUT2D eigenvalue weighted by Gasteiger charge is 2.28. The lowest BCUT2D eigenvalue weighted by Gasteiger charge is -2.21. The van der Waals surface area contributed by atoms with Crippen molar-refractivity contribution in [3.63, 3.8) is 0 Å². The van der Waals surface area contributed by atoms with Gasteiger partial charge in [0, 0.05) is 6.07 Å². The Bertz CT molecular complexity index is 641. The van der Waals surface area contributed by atoms with Gasteiger partial charge in [-0.3, -0.25) is 10.1 Å². The molecular formula is C12H15N2O6S-. The molecule has 1 aromatic carbocycles. The monoisotopic (exact) mass is 315 g/mol. The van der Waals surface area contributed by atoms with Crippen molar-refractivity contribution in [2.24, 2.45) is 5.92 Å². The molecule has 21 heavy (non-hydrogen) atoms. The van der Waals surface area contributed by atoms with Crippen LogP contribution in [0, 0.1) is 16.0 Å². The quantitative estimate of drug-likeness (QED) is 0.558. The van der Waals surface area contributed by atoms with E-state index in [0.29, 0.717) is 0 Å². The second-order valence-corrected chi connectivity index (χ2v) is 6.53. The average Bonchev–Trinajstić information content (AvgIpc) is 2.37. The van der Waals surface area contributed by atoms with Gasteiger partial charge in [-0.1, -0.05) is 26.0 Å². The summed E-state index contributed by atoms with van der Waals surface area (Å²) in [5.74, 6) is -1.67. The van der Waals surface area contributed by atoms with E-state index in [9.17, 15) is 28.4 Å². The van der Waals surface area contributed by atoms with E-state index in [2.05, 4.69) is 0 Å². The van der Waals surface area contributed by atoms with Gasteiger partial charge in [-0.25, -0.2) is 13.1 Å². The predicted molar refractivity (Wildman–Crippen MR) is 71.7 cm³/mol. The van der Waals surface area contributed by atoms with Crippen LogP contribution in [-0.2, 0) is 14.8 Å². The van der Waals surface area contributed by atoms with Crippen molar-refractivity contribution in [2.75, 3.05) is 0 Å². The fraction of sp³-hybridized carbons (Fsp3) is 0.417. The number of rotatable bonds is 7. The van der Waals surface area contributed by atoms with Gasteiger partial charge in [0.1, 0.15) is 0 Å². The summed E-state index contributed by atoms with van der Waals surface area (Å²) in [6.07, 6.45) is 0.0161. The molecule has 1 aromatic rings. The molecule has 0 spiro atoms. The summed E-state index contributed by atoms with van der Waals surface area (Å²) in [5, 5.41) is 21.8. The Kier molecular flexibility index (Phi) is 5.39. The third-order valence-electron chi connectivity index (χ3n) is 2.64. The minimum atomic E-state index is -4.34. The minimum absolute atomic E-state index is 0.0161. The number of nitrogens with one attached hydrogen (secondary N) is 1. The van der Waals surface area contributed by atoms with Crippen molar-refractivity contribution in [3.8, 4) is 0 Å². The number of aliphatic carboxylic acids is 1. The van der Waals surface area contributed by atoms with Crippen molar-refractivity contribution in [2.45, 2.75) is 31.2 Å². The van der Waals surface area contributed by atoms with Crippen LogP contribution in [0.1, 0.15) is 20.3 Å². The van der Waals surface area contributed by atoms with Gasteiger partial charge >= 0.3 is 0 Å². The summed E-state index contributed by atoms with van der Waals surface area (Å²) in [4.78, 5) is 20.4. The van der Waals surface area contributed by atoms with E-state index in [1.165, 1.54) is 12.1 Å². The lowest BCUT2D eigenvalue weighted by atomic mass is 10.1. The van der Waals surface area contributed by atoms with Crippen LogP contribution in [0.25, 0.3) is 0 Å². The average molecular weight is 315 g/mol. The Balaban J connectivity index is 3.17. The van der Waals surface area contributed by atoms with Crippen LogP contribution in [0.2, 0.25) is 0 Å². The number of nitro groups is 1. The first-order valence-corrected chi connectivity index (χ1v) is 7.60. The van der Waals surface area contributed by atoms with Gasteiger partial charge in [-0.2, -0.15) is 0 Å². The van der Waals surface area contributed by atoms with Gasteiger partial charge in [-0.05, 0) is 18.4 Å². The van der Waals surface area contributed by atoms with E-state index in [0.717, 1.165) is 12.1 Å². The van der Waals surface area contributed by atoms with E-state index >= 15 is 0 Å². The number of carboxylic acids is 1. The smallest absolute Gasteiger partial charge is 0.289 e. The summed E-state index contributed by atoms with van der Waals surface area (Å²) in [5.41, 5.74) is -0.619. The maximum absolute atomic E-state index is 12.1. The van der Waals surface area contributed by atoms with Crippen molar-refractivity contribution in [1.29, 1.82) is 0 Å². The molecule has 0 aliphatic carbocycles. The van der Waals surface area contributed by atoms with Gasteiger partial charge in [-0.15, -0.1) is 0 Å². The van der Waals surface area contributed by atoms with Crippen LogP contribution in [0.15, 0.2) is 29.2 Å². The van der Waals surface area contributed by atoms with Crippen LogP contribution in [0.4, 0.5) is 5.69 Å². The van der Waals surface area contributed by atoms with E-state index in [-0.39, 0.29) is 12.3 Å². The van der Waals surface area contributed by atoms with Gasteiger partial charge < -0.3 is 9.90 Å². The van der Waals surface area contributed by atoms with Crippen LogP contribution >= 0.6 is 0 Å². The topological polar surface area (TPSA) is 129 Å². The van der Waals surface area contributed by atoms with Crippen molar-refractivity contribution in [1.82, 2.24) is 4.72 Å². The number of benzene rings is 1. The number of carboxylic acid groups (broad SMARTS) is 1. The molecule has 0 radical (unpaired) electrons. The molecule has 0 aromatic heterocycles. The summed E-state index contributed by atoms with van der Waals surface area (Å²) >= 11 is 0. The number of carbonyl (C=O) groups excluding carboxylic acids is 1. The Labute approximate surface area is 122 Å². The number of nitro benzene ring substituents is 1. The first-order chi connectivity index (χ1) is 9.65. The van der Waals surface area contributed by atoms with Crippen LogP contribution in [0.3, 0.4) is 0 Å². The second-order valence-electron chi connectivity index (χ2n) is 4.85. The predicted octanol–water partition coefficient (Wildman–Crippen LogP) is 0.0377. The third-order valence-corrected chi connectivity index (χ3v) is 4.16. The molecule has 9 heteroatoms. The van der Waals surface area contributed by atoms with Crippen LogP contribution < -0.4 is 9.83 Å². The maximum Gasteiger partial charge on any atom is 0.289 e. The summed E-state index contributed by atoms with van der Waals surface area (Å²) in [6, 6.07) is 3.27. The molecule has 1 N–H and O–H groups in total. The fourth-order valence-corrected chi connectivity index (χ4v) is 3.12. The lowest BCUT2D eigenvalue weighted by molar-refractivity contribution is -0.387. The lowest BCUT2D eigenvalue weighted by Crippen LogP contribution is -2.48. The molecule has 1 atom stereocenters. The molecule has 0 saturated heterocycles. The number of nitrogens with zero attached hydrogens (tertiary/aromatic N) is 1. The van der Waals surface area contributed by atoms with Crippen LogP contribution in [0.5, 0.6) is 0 Å². The molecule has 1 rings (SSSR count). The number of carbonyl (C=O) groups is 1. The molecule has 0 saturated carbocycles. The summed E-state index contributed by atoms with van der Waals surface area (Å²) in [7, 11) is -4.34. The molecule has 0 aliphatic heterocycles.